The number of anilines is 1. The zero-order valence-corrected chi connectivity index (χ0v) is 11.1. The van der Waals surface area contributed by atoms with Gasteiger partial charge in [-0.15, -0.1) is 0 Å². The fourth-order valence-electron chi connectivity index (χ4n) is 2.59. The van der Waals surface area contributed by atoms with Gasteiger partial charge < -0.3 is 9.88 Å². The third kappa shape index (κ3) is 3.08. The van der Waals surface area contributed by atoms with Gasteiger partial charge in [0.25, 0.3) is 0 Å². The van der Waals surface area contributed by atoms with Crippen molar-refractivity contribution in [2.45, 2.75) is 19.3 Å². The Bertz CT molecular complexity index is 540. The van der Waals surface area contributed by atoms with Crippen molar-refractivity contribution in [3.05, 3.63) is 60.9 Å². The van der Waals surface area contributed by atoms with E-state index in [4.69, 9.17) is 0 Å². The molecule has 0 aliphatic heterocycles. The van der Waals surface area contributed by atoms with Crippen LogP contribution in [0.15, 0.2) is 60.9 Å². The zero-order chi connectivity index (χ0) is 12.9. The first-order valence-electron chi connectivity index (χ1n) is 7.04. The van der Waals surface area contributed by atoms with Crippen LogP contribution in [0.25, 0.3) is 5.69 Å². The third-order valence-electron chi connectivity index (χ3n) is 3.72. The predicted octanol–water partition coefficient (Wildman–Crippen LogP) is 4.25. The summed E-state index contributed by atoms with van der Waals surface area (Å²) in [5, 5.41) is 3.57. The molecule has 3 rings (SSSR count). The number of nitrogens with one attached hydrogen (secondary N) is 1. The van der Waals surface area contributed by atoms with E-state index in [1.54, 1.807) is 0 Å². The molecule has 0 spiro atoms. The van der Waals surface area contributed by atoms with E-state index in [1.807, 2.05) is 0 Å². The number of allylic oxidation sites excluding steroid dienone is 2. The highest BCUT2D eigenvalue weighted by atomic mass is 14.9. The summed E-state index contributed by atoms with van der Waals surface area (Å²) in [5.41, 5.74) is 2.42. The van der Waals surface area contributed by atoms with E-state index in [0.717, 1.165) is 12.5 Å². The van der Waals surface area contributed by atoms with Gasteiger partial charge in [0.1, 0.15) is 0 Å². The van der Waals surface area contributed by atoms with Gasteiger partial charge in [-0.25, -0.2) is 0 Å². The minimum atomic E-state index is 0.778. The lowest BCUT2D eigenvalue weighted by Gasteiger charge is -2.19. The molecule has 98 valence electrons. The monoisotopic (exact) mass is 252 g/mol. The van der Waals surface area contributed by atoms with Gasteiger partial charge in [-0.3, -0.25) is 0 Å². The summed E-state index contributed by atoms with van der Waals surface area (Å²) in [6.45, 7) is 1.07. The van der Waals surface area contributed by atoms with Crippen LogP contribution in [-0.2, 0) is 0 Å². The maximum Gasteiger partial charge on any atom is 0.0469 e. The molecule has 1 aromatic heterocycles. The maximum absolute atomic E-state index is 3.57. The van der Waals surface area contributed by atoms with Crippen molar-refractivity contribution in [3.8, 4) is 5.69 Å². The molecule has 1 atom stereocenters. The fourth-order valence-corrected chi connectivity index (χ4v) is 2.59. The summed E-state index contributed by atoms with van der Waals surface area (Å²) < 4.78 is 2.13. The highest BCUT2D eigenvalue weighted by Crippen LogP contribution is 2.20. The summed E-state index contributed by atoms with van der Waals surface area (Å²) >= 11 is 0. The van der Waals surface area contributed by atoms with Crippen LogP contribution in [0.2, 0.25) is 0 Å². The lowest BCUT2D eigenvalue weighted by molar-refractivity contribution is 0.504. The second-order valence-corrected chi connectivity index (χ2v) is 5.17. The molecule has 0 amide bonds. The summed E-state index contributed by atoms with van der Waals surface area (Å²) in [7, 11) is 0. The zero-order valence-electron chi connectivity index (χ0n) is 11.1. The lowest BCUT2D eigenvalue weighted by Crippen LogP contribution is -2.15. The number of hydrogen-bond donors (Lipinski definition) is 1. The van der Waals surface area contributed by atoms with E-state index in [9.17, 15) is 0 Å². The minimum Gasteiger partial charge on any atom is -0.385 e. The molecule has 1 heterocycles. The van der Waals surface area contributed by atoms with Crippen molar-refractivity contribution in [1.29, 1.82) is 0 Å². The van der Waals surface area contributed by atoms with Crippen LogP contribution >= 0.6 is 0 Å². The Morgan fingerprint density at radius 2 is 2.00 bits per heavy atom. The molecule has 1 N–H and O–H groups in total. The average molecular weight is 252 g/mol. The van der Waals surface area contributed by atoms with Crippen LogP contribution in [-0.4, -0.2) is 11.1 Å². The lowest BCUT2D eigenvalue weighted by atomic mass is 9.94. The van der Waals surface area contributed by atoms with Crippen LogP contribution in [0.1, 0.15) is 19.3 Å². The molecule has 0 saturated carbocycles. The molecule has 0 radical (unpaired) electrons. The van der Waals surface area contributed by atoms with Crippen LogP contribution in [0, 0.1) is 5.92 Å². The Morgan fingerprint density at radius 3 is 2.79 bits per heavy atom. The number of rotatable bonds is 4. The largest absolute Gasteiger partial charge is 0.385 e. The number of hydrogen-bond acceptors (Lipinski definition) is 1. The summed E-state index contributed by atoms with van der Waals surface area (Å²) in [4.78, 5) is 0. The van der Waals surface area contributed by atoms with Crippen LogP contribution in [0.5, 0.6) is 0 Å². The first-order chi connectivity index (χ1) is 9.42. The third-order valence-corrected chi connectivity index (χ3v) is 3.72. The molecule has 1 aliphatic carbocycles. The predicted molar refractivity (Wildman–Crippen MR) is 80.7 cm³/mol. The van der Waals surface area contributed by atoms with Gasteiger partial charge >= 0.3 is 0 Å². The first kappa shape index (κ1) is 12.1. The van der Waals surface area contributed by atoms with Crippen molar-refractivity contribution in [2.24, 2.45) is 5.92 Å². The van der Waals surface area contributed by atoms with Crippen molar-refractivity contribution in [1.82, 2.24) is 4.57 Å². The van der Waals surface area contributed by atoms with Gasteiger partial charge in [0, 0.05) is 30.3 Å². The van der Waals surface area contributed by atoms with Crippen molar-refractivity contribution in [2.75, 3.05) is 11.9 Å². The SMILES string of the molecule is C1=CCC(CNc2cccc(-n3cccc3)c2)CC1. The van der Waals surface area contributed by atoms with Gasteiger partial charge in [0.05, 0.1) is 0 Å². The van der Waals surface area contributed by atoms with Crippen molar-refractivity contribution >= 4 is 5.69 Å². The Kier molecular flexibility index (Phi) is 3.68. The highest BCUT2D eigenvalue weighted by Gasteiger charge is 2.09. The Hall–Kier alpha value is -1.96. The van der Waals surface area contributed by atoms with Crippen LogP contribution in [0.4, 0.5) is 5.69 Å². The Labute approximate surface area is 114 Å². The van der Waals surface area contributed by atoms with E-state index in [0.29, 0.717) is 0 Å². The molecule has 2 aromatic rings. The first-order valence-corrected chi connectivity index (χ1v) is 7.04. The fraction of sp³-hybridized carbons (Fsp3) is 0.294. The van der Waals surface area contributed by atoms with Gasteiger partial charge in [0.15, 0.2) is 0 Å². The molecule has 0 bridgehead atoms. The second kappa shape index (κ2) is 5.79. The second-order valence-electron chi connectivity index (χ2n) is 5.17. The molecular formula is C17H20N2. The molecule has 1 aromatic carbocycles. The van der Waals surface area contributed by atoms with Crippen LogP contribution in [0.3, 0.4) is 0 Å². The molecule has 0 saturated heterocycles. The average Bonchev–Trinajstić information content (AvgIpc) is 3.01. The van der Waals surface area contributed by atoms with E-state index in [-0.39, 0.29) is 0 Å². The number of nitrogens with zero attached hydrogens (tertiary/aromatic N) is 1. The molecule has 0 fully saturated rings. The van der Waals surface area contributed by atoms with Crippen molar-refractivity contribution < 1.29 is 0 Å². The summed E-state index contributed by atoms with van der Waals surface area (Å²) in [5.74, 6) is 0.778. The molecule has 1 aliphatic rings. The van der Waals surface area contributed by atoms with Gasteiger partial charge in [-0.2, -0.15) is 0 Å². The molecule has 19 heavy (non-hydrogen) atoms. The molecular weight excluding hydrogens is 232 g/mol. The smallest absolute Gasteiger partial charge is 0.0469 e. The van der Waals surface area contributed by atoms with Gasteiger partial charge in [-0.05, 0) is 55.5 Å². The van der Waals surface area contributed by atoms with Crippen molar-refractivity contribution in [3.63, 3.8) is 0 Å². The van der Waals surface area contributed by atoms with Crippen LogP contribution < -0.4 is 5.32 Å². The topological polar surface area (TPSA) is 17.0 Å². The van der Waals surface area contributed by atoms with E-state index in [1.165, 1.54) is 30.6 Å². The summed E-state index contributed by atoms with van der Waals surface area (Å²) in [6.07, 6.45) is 12.5. The molecule has 2 nitrogen and oxygen atoms in total. The molecule has 2 heteroatoms. The standard InChI is InChI=1S/C17H20N2/c1-2-7-15(8-3-1)14-18-16-9-6-10-17(13-16)19-11-4-5-12-19/h1-2,4-6,9-13,15,18H,3,7-8,14H2. The number of aromatic nitrogens is 1. The Morgan fingerprint density at radius 1 is 1.11 bits per heavy atom. The quantitative estimate of drug-likeness (QED) is 0.805. The normalized spacial score (nSPS) is 18.4. The highest BCUT2D eigenvalue weighted by molar-refractivity contribution is 5.51. The van der Waals surface area contributed by atoms with E-state index >= 15 is 0 Å². The maximum atomic E-state index is 3.57. The van der Waals surface area contributed by atoms with E-state index < -0.39 is 0 Å². The minimum absolute atomic E-state index is 0.778. The van der Waals surface area contributed by atoms with E-state index in [2.05, 4.69) is 70.8 Å². The number of benzene rings is 1. The summed E-state index contributed by atoms with van der Waals surface area (Å²) in [6, 6.07) is 12.7. The van der Waals surface area contributed by atoms with Gasteiger partial charge in [-0.1, -0.05) is 18.2 Å². The molecule has 1 unspecified atom stereocenters. The Balaban J connectivity index is 1.65. The van der Waals surface area contributed by atoms with Gasteiger partial charge in [0.2, 0.25) is 0 Å².